The lowest BCUT2D eigenvalue weighted by atomic mass is 10.0. The van der Waals surface area contributed by atoms with Gasteiger partial charge in [-0.15, -0.1) is 0 Å². The van der Waals surface area contributed by atoms with Crippen LogP contribution in [0.5, 0.6) is 0 Å². The molecule has 1 unspecified atom stereocenters. The summed E-state index contributed by atoms with van der Waals surface area (Å²) in [6.07, 6.45) is -3.35. The van der Waals surface area contributed by atoms with Crippen molar-refractivity contribution in [1.82, 2.24) is 14.7 Å². The average Bonchev–Trinajstić information content (AvgIpc) is 3.23. The van der Waals surface area contributed by atoms with Gasteiger partial charge in [-0.1, -0.05) is 24.3 Å². The summed E-state index contributed by atoms with van der Waals surface area (Å²) in [6, 6.07) is 11.3. The standard InChI is InChI=1S/C23H19F4N3O2/c1-14-13-20(31)21(28-30(14)19-6-3-2-5-17(19)23(25,26)27)22(32)29-12-4-7-18(29)15-8-10-16(24)11-9-15/h2-3,5-6,8-11,13,18H,4,7,12H2,1H3. The van der Waals surface area contributed by atoms with Gasteiger partial charge in [0.2, 0.25) is 5.43 Å². The topological polar surface area (TPSA) is 55.2 Å². The number of benzene rings is 2. The fourth-order valence-corrected chi connectivity index (χ4v) is 4.01. The number of amides is 1. The number of hydrogen-bond acceptors (Lipinski definition) is 3. The van der Waals surface area contributed by atoms with Gasteiger partial charge >= 0.3 is 6.18 Å². The van der Waals surface area contributed by atoms with E-state index in [4.69, 9.17) is 0 Å². The molecule has 4 rings (SSSR count). The van der Waals surface area contributed by atoms with Crippen molar-refractivity contribution in [2.75, 3.05) is 6.54 Å². The van der Waals surface area contributed by atoms with Gasteiger partial charge in [0.25, 0.3) is 5.91 Å². The lowest BCUT2D eigenvalue weighted by Gasteiger charge is -2.25. The Bertz CT molecular complexity index is 1220. The van der Waals surface area contributed by atoms with Gasteiger partial charge in [0.05, 0.1) is 17.3 Å². The van der Waals surface area contributed by atoms with Crippen molar-refractivity contribution in [3.8, 4) is 5.69 Å². The van der Waals surface area contributed by atoms with E-state index in [1.54, 1.807) is 12.1 Å². The molecule has 166 valence electrons. The highest BCUT2D eigenvalue weighted by Crippen LogP contribution is 2.34. The maximum Gasteiger partial charge on any atom is 0.418 e. The molecule has 1 atom stereocenters. The minimum atomic E-state index is -4.64. The number of aryl methyl sites for hydroxylation is 1. The minimum Gasteiger partial charge on any atom is -0.330 e. The van der Waals surface area contributed by atoms with E-state index in [-0.39, 0.29) is 17.4 Å². The van der Waals surface area contributed by atoms with Crippen LogP contribution in [0.1, 0.15) is 46.2 Å². The molecule has 32 heavy (non-hydrogen) atoms. The van der Waals surface area contributed by atoms with Crippen LogP contribution < -0.4 is 5.43 Å². The number of alkyl halides is 3. The lowest BCUT2D eigenvalue weighted by Crippen LogP contribution is -2.36. The van der Waals surface area contributed by atoms with Gasteiger partial charge in [-0.25, -0.2) is 9.07 Å². The molecule has 2 aromatic carbocycles. The highest BCUT2D eigenvalue weighted by molar-refractivity contribution is 5.92. The van der Waals surface area contributed by atoms with Crippen molar-refractivity contribution in [2.24, 2.45) is 0 Å². The van der Waals surface area contributed by atoms with Crippen molar-refractivity contribution in [3.05, 3.63) is 93.2 Å². The minimum absolute atomic E-state index is 0.166. The van der Waals surface area contributed by atoms with Crippen LogP contribution >= 0.6 is 0 Å². The number of halogens is 4. The number of carbonyl (C=O) groups excluding carboxylic acids is 1. The summed E-state index contributed by atoms with van der Waals surface area (Å²) in [4.78, 5) is 27.3. The fraction of sp³-hybridized carbons (Fsp3) is 0.261. The Balaban J connectivity index is 1.76. The number of para-hydroxylation sites is 1. The van der Waals surface area contributed by atoms with Crippen LogP contribution in [0.2, 0.25) is 0 Å². The Morgan fingerprint density at radius 2 is 1.78 bits per heavy atom. The van der Waals surface area contributed by atoms with E-state index in [2.05, 4.69) is 5.10 Å². The molecule has 5 nitrogen and oxygen atoms in total. The molecule has 1 saturated heterocycles. The van der Waals surface area contributed by atoms with Gasteiger partial charge in [0.1, 0.15) is 5.82 Å². The van der Waals surface area contributed by atoms with Crippen LogP contribution in [-0.2, 0) is 6.18 Å². The third kappa shape index (κ3) is 4.02. The smallest absolute Gasteiger partial charge is 0.330 e. The van der Waals surface area contributed by atoms with Gasteiger partial charge in [-0.05, 0) is 49.6 Å². The van der Waals surface area contributed by atoms with Gasteiger partial charge in [0, 0.05) is 18.3 Å². The largest absolute Gasteiger partial charge is 0.418 e. The van der Waals surface area contributed by atoms with Crippen molar-refractivity contribution >= 4 is 5.91 Å². The highest BCUT2D eigenvalue weighted by atomic mass is 19.4. The predicted octanol–water partition coefficient (Wildman–Crippen LogP) is 4.68. The molecule has 0 radical (unpaired) electrons. The maximum absolute atomic E-state index is 13.5. The first-order valence-corrected chi connectivity index (χ1v) is 10.0. The van der Waals surface area contributed by atoms with E-state index in [1.165, 1.54) is 42.2 Å². The number of aromatic nitrogens is 2. The summed E-state index contributed by atoms with van der Waals surface area (Å²) < 4.78 is 54.8. The van der Waals surface area contributed by atoms with Crippen LogP contribution in [0, 0.1) is 12.7 Å². The molecule has 0 aliphatic carbocycles. The average molecular weight is 445 g/mol. The van der Waals surface area contributed by atoms with Crippen LogP contribution in [-0.4, -0.2) is 27.1 Å². The van der Waals surface area contributed by atoms with Crippen LogP contribution in [0.15, 0.2) is 59.4 Å². The molecule has 3 aromatic rings. The number of rotatable bonds is 3. The summed E-state index contributed by atoms with van der Waals surface area (Å²) in [5, 5.41) is 4.06. The van der Waals surface area contributed by atoms with E-state index in [0.29, 0.717) is 24.9 Å². The Labute approximate surface area is 180 Å². The SMILES string of the molecule is Cc1cc(=O)c(C(=O)N2CCCC2c2ccc(F)cc2)nn1-c1ccccc1C(F)(F)F. The highest BCUT2D eigenvalue weighted by Gasteiger charge is 2.35. The summed E-state index contributed by atoms with van der Waals surface area (Å²) in [6.45, 7) is 1.81. The normalized spacial score (nSPS) is 16.4. The molecule has 1 aromatic heterocycles. The second-order valence-electron chi connectivity index (χ2n) is 7.63. The van der Waals surface area contributed by atoms with E-state index in [0.717, 1.165) is 16.8 Å². The van der Waals surface area contributed by atoms with E-state index in [1.807, 2.05) is 0 Å². The molecule has 1 aliphatic heterocycles. The van der Waals surface area contributed by atoms with E-state index in [9.17, 15) is 27.2 Å². The second-order valence-corrected chi connectivity index (χ2v) is 7.63. The first-order chi connectivity index (χ1) is 15.2. The number of likely N-dealkylation sites (tertiary alicyclic amines) is 1. The van der Waals surface area contributed by atoms with E-state index >= 15 is 0 Å². The first kappa shape index (κ1) is 21.7. The molecule has 1 aliphatic rings. The zero-order valence-electron chi connectivity index (χ0n) is 17.1. The Kier molecular flexibility index (Phi) is 5.58. The van der Waals surface area contributed by atoms with Gasteiger partial charge in [-0.3, -0.25) is 9.59 Å². The quantitative estimate of drug-likeness (QED) is 0.551. The Morgan fingerprint density at radius 3 is 2.47 bits per heavy atom. The summed E-state index contributed by atoms with van der Waals surface area (Å²) in [7, 11) is 0. The first-order valence-electron chi connectivity index (χ1n) is 10.0. The van der Waals surface area contributed by atoms with Crippen molar-refractivity contribution < 1.29 is 22.4 Å². The third-order valence-electron chi connectivity index (χ3n) is 5.52. The van der Waals surface area contributed by atoms with Crippen LogP contribution in [0.3, 0.4) is 0 Å². The molecule has 0 spiro atoms. The molecule has 0 bridgehead atoms. The third-order valence-corrected chi connectivity index (χ3v) is 5.52. The van der Waals surface area contributed by atoms with Crippen molar-refractivity contribution in [3.63, 3.8) is 0 Å². The molecule has 0 N–H and O–H groups in total. The lowest BCUT2D eigenvalue weighted by molar-refractivity contribution is -0.137. The zero-order chi connectivity index (χ0) is 23.0. The van der Waals surface area contributed by atoms with Crippen molar-refractivity contribution in [2.45, 2.75) is 32.0 Å². The Morgan fingerprint density at radius 1 is 1.09 bits per heavy atom. The van der Waals surface area contributed by atoms with Gasteiger partial charge < -0.3 is 4.90 Å². The number of nitrogens with zero attached hydrogens (tertiary/aromatic N) is 3. The molecule has 1 amide bonds. The summed E-state index contributed by atoms with van der Waals surface area (Å²) in [5.74, 6) is -1.07. The number of hydrogen-bond donors (Lipinski definition) is 0. The molecule has 2 heterocycles. The maximum atomic E-state index is 13.5. The summed E-state index contributed by atoms with van der Waals surface area (Å²) >= 11 is 0. The molecular formula is C23H19F4N3O2. The molecule has 9 heteroatoms. The predicted molar refractivity (Wildman–Crippen MR) is 109 cm³/mol. The fourth-order valence-electron chi connectivity index (χ4n) is 4.01. The Hall–Kier alpha value is -3.49. The van der Waals surface area contributed by atoms with Crippen LogP contribution in [0.25, 0.3) is 5.69 Å². The van der Waals surface area contributed by atoms with Gasteiger partial charge in [0.15, 0.2) is 5.69 Å². The molecular weight excluding hydrogens is 426 g/mol. The van der Waals surface area contributed by atoms with E-state index < -0.39 is 34.6 Å². The van der Waals surface area contributed by atoms with Crippen molar-refractivity contribution in [1.29, 1.82) is 0 Å². The second kappa shape index (κ2) is 8.22. The monoisotopic (exact) mass is 445 g/mol. The summed E-state index contributed by atoms with van der Waals surface area (Å²) in [5.41, 5.74) is -1.45. The molecule has 1 fully saturated rings. The van der Waals surface area contributed by atoms with Gasteiger partial charge in [-0.2, -0.15) is 18.3 Å². The molecule has 0 saturated carbocycles. The number of carbonyl (C=O) groups is 1. The zero-order valence-corrected chi connectivity index (χ0v) is 17.1. The van der Waals surface area contributed by atoms with Crippen LogP contribution in [0.4, 0.5) is 17.6 Å².